The van der Waals surface area contributed by atoms with E-state index in [1.165, 1.54) is 19.9 Å². The molecule has 0 unspecified atom stereocenters. The van der Waals surface area contributed by atoms with E-state index in [2.05, 4.69) is 26.5 Å². The molecule has 0 radical (unpaired) electrons. The lowest BCUT2D eigenvalue weighted by molar-refractivity contribution is 0.455. The minimum atomic E-state index is -3.40. The smallest absolute Gasteiger partial charge is 0.240 e. The fraction of sp³-hybridized carbons (Fsp3) is 0.526. The fourth-order valence-corrected chi connectivity index (χ4v) is 3.18. The van der Waals surface area contributed by atoms with Crippen LogP contribution in [0.5, 0.6) is 0 Å². The van der Waals surface area contributed by atoms with E-state index in [4.69, 9.17) is 0 Å². The highest BCUT2D eigenvalue weighted by molar-refractivity contribution is 14.0. The molecule has 2 N–H and O–H groups in total. The molecule has 0 fully saturated rings. The van der Waals surface area contributed by atoms with Crippen LogP contribution in [0.3, 0.4) is 0 Å². The molecule has 0 aliphatic rings. The number of halogens is 1. The van der Waals surface area contributed by atoms with E-state index in [0.717, 1.165) is 37.5 Å². The quantitative estimate of drug-likeness (QED) is 0.158. The zero-order valence-corrected chi connectivity index (χ0v) is 19.7. The molecule has 27 heavy (non-hydrogen) atoms. The van der Waals surface area contributed by atoms with Gasteiger partial charge in [-0.25, -0.2) is 18.1 Å². The van der Waals surface area contributed by atoms with Crippen LogP contribution in [0.4, 0.5) is 0 Å². The predicted molar refractivity (Wildman–Crippen MR) is 124 cm³/mol. The summed E-state index contributed by atoms with van der Waals surface area (Å²) in [6, 6.07) is 6.80. The summed E-state index contributed by atoms with van der Waals surface area (Å²) in [4.78, 5) is 7.06. The summed E-state index contributed by atoms with van der Waals surface area (Å²) >= 11 is 0. The van der Waals surface area contributed by atoms with E-state index >= 15 is 0 Å². The number of unbranched alkanes of at least 4 members (excludes halogenated alkanes) is 3. The van der Waals surface area contributed by atoms with E-state index in [1.807, 2.05) is 20.0 Å². The second-order valence-electron chi connectivity index (χ2n) is 6.08. The molecule has 0 saturated carbocycles. The van der Waals surface area contributed by atoms with Gasteiger partial charge in [-0.1, -0.05) is 24.6 Å². The van der Waals surface area contributed by atoms with Gasteiger partial charge in [0.1, 0.15) is 0 Å². The van der Waals surface area contributed by atoms with Gasteiger partial charge in [0.25, 0.3) is 0 Å². The lowest BCUT2D eigenvalue weighted by Crippen LogP contribution is -2.39. The average Bonchev–Trinajstić information content (AvgIpc) is 2.65. The van der Waals surface area contributed by atoms with E-state index in [-0.39, 0.29) is 28.9 Å². The van der Waals surface area contributed by atoms with Gasteiger partial charge in [-0.05, 0) is 50.9 Å². The normalized spacial score (nSPS) is 11.6. The standard InChI is InChI=1S/C19H32N4O2S.HI/c1-5-7-8-9-10-15-23(4)19(21-6-2)22-16-17-11-13-18(14-12-17)26(24,25)20-3;/h5,11-14,20H,1,6-10,15-16H2,2-4H3,(H,21,22);1H. The highest BCUT2D eigenvalue weighted by Crippen LogP contribution is 2.11. The first-order valence-electron chi connectivity index (χ1n) is 9.07. The summed E-state index contributed by atoms with van der Waals surface area (Å²) in [7, 11) is 0.0476. The van der Waals surface area contributed by atoms with Crippen LogP contribution in [-0.4, -0.2) is 46.5 Å². The number of aliphatic imine (C=N–C) groups is 1. The van der Waals surface area contributed by atoms with Gasteiger partial charge in [0.05, 0.1) is 11.4 Å². The van der Waals surface area contributed by atoms with Crippen LogP contribution in [-0.2, 0) is 16.6 Å². The summed E-state index contributed by atoms with van der Waals surface area (Å²) in [5.74, 6) is 0.864. The van der Waals surface area contributed by atoms with Gasteiger partial charge in [0.2, 0.25) is 10.0 Å². The van der Waals surface area contributed by atoms with Gasteiger partial charge in [-0.3, -0.25) is 0 Å². The van der Waals surface area contributed by atoms with Gasteiger partial charge < -0.3 is 10.2 Å². The Hall–Kier alpha value is -1.13. The molecule has 0 saturated heterocycles. The number of sulfonamides is 1. The van der Waals surface area contributed by atoms with Crippen molar-refractivity contribution in [3.8, 4) is 0 Å². The van der Waals surface area contributed by atoms with Crippen molar-refractivity contribution in [2.24, 2.45) is 4.99 Å². The fourth-order valence-electron chi connectivity index (χ4n) is 2.45. The van der Waals surface area contributed by atoms with Gasteiger partial charge in [-0.2, -0.15) is 0 Å². The first-order valence-corrected chi connectivity index (χ1v) is 10.6. The summed E-state index contributed by atoms with van der Waals surface area (Å²) < 4.78 is 25.8. The van der Waals surface area contributed by atoms with Gasteiger partial charge in [0.15, 0.2) is 5.96 Å². The largest absolute Gasteiger partial charge is 0.357 e. The second kappa shape index (κ2) is 14.0. The highest BCUT2D eigenvalue weighted by Gasteiger charge is 2.10. The number of nitrogens with one attached hydrogen (secondary N) is 2. The van der Waals surface area contributed by atoms with Gasteiger partial charge >= 0.3 is 0 Å². The van der Waals surface area contributed by atoms with Crippen LogP contribution in [0.2, 0.25) is 0 Å². The Balaban J connectivity index is 0.00000676. The zero-order valence-electron chi connectivity index (χ0n) is 16.6. The molecule has 0 bridgehead atoms. The molecule has 0 aliphatic heterocycles. The van der Waals surface area contributed by atoms with E-state index < -0.39 is 10.0 Å². The Morgan fingerprint density at radius 3 is 2.44 bits per heavy atom. The monoisotopic (exact) mass is 508 g/mol. The summed E-state index contributed by atoms with van der Waals surface area (Å²) in [6.07, 6.45) is 6.49. The van der Waals surface area contributed by atoms with Crippen LogP contribution in [0.25, 0.3) is 0 Å². The van der Waals surface area contributed by atoms with Crippen molar-refractivity contribution < 1.29 is 8.42 Å². The molecule has 1 aromatic carbocycles. The first-order chi connectivity index (χ1) is 12.4. The van der Waals surface area contributed by atoms with E-state index in [9.17, 15) is 8.42 Å². The molecule has 0 heterocycles. The minimum Gasteiger partial charge on any atom is -0.357 e. The Labute approximate surface area is 181 Å². The van der Waals surface area contributed by atoms with Crippen molar-refractivity contribution in [3.05, 3.63) is 42.5 Å². The van der Waals surface area contributed by atoms with Gasteiger partial charge in [0, 0.05) is 20.1 Å². The van der Waals surface area contributed by atoms with Crippen molar-refractivity contribution >= 4 is 40.0 Å². The molecular weight excluding hydrogens is 475 g/mol. The topological polar surface area (TPSA) is 73.8 Å². The van der Waals surface area contributed by atoms with Crippen LogP contribution in [0.1, 0.15) is 38.2 Å². The number of guanidine groups is 1. The SMILES string of the molecule is C=CCCCCCN(C)C(=NCc1ccc(S(=O)(=O)NC)cc1)NCC.I. The molecule has 6 nitrogen and oxygen atoms in total. The summed E-state index contributed by atoms with van der Waals surface area (Å²) in [6.45, 7) is 8.05. The van der Waals surface area contributed by atoms with Crippen LogP contribution in [0, 0.1) is 0 Å². The lowest BCUT2D eigenvalue weighted by Gasteiger charge is -2.22. The van der Waals surface area contributed by atoms with E-state index in [1.54, 1.807) is 24.3 Å². The molecule has 0 amide bonds. The number of nitrogens with zero attached hydrogens (tertiary/aromatic N) is 2. The number of hydrogen-bond donors (Lipinski definition) is 2. The maximum atomic E-state index is 11.8. The van der Waals surface area contributed by atoms with Crippen molar-refractivity contribution in [2.75, 3.05) is 27.2 Å². The second-order valence-corrected chi connectivity index (χ2v) is 7.97. The summed E-state index contributed by atoms with van der Waals surface area (Å²) in [5, 5.41) is 3.30. The summed E-state index contributed by atoms with van der Waals surface area (Å²) in [5.41, 5.74) is 0.967. The molecule has 154 valence electrons. The maximum Gasteiger partial charge on any atom is 0.240 e. The lowest BCUT2D eigenvalue weighted by atomic mass is 10.2. The molecule has 8 heteroatoms. The third kappa shape index (κ3) is 9.57. The zero-order chi connectivity index (χ0) is 19.4. The van der Waals surface area contributed by atoms with Crippen LogP contribution >= 0.6 is 24.0 Å². The number of rotatable bonds is 11. The molecular formula is C19H33IN4O2S. The highest BCUT2D eigenvalue weighted by atomic mass is 127. The minimum absolute atomic E-state index is 0. The molecule has 0 spiro atoms. The Morgan fingerprint density at radius 2 is 1.89 bits per heavy atom. The van der Waals surface area contributed by atoms with Crippen molar-refractivity contribution in [3.63, 3.8) is 0 Å². The molecule has 1 aromatic rings. The molecule has 0 atom stereocenters. The first kappa shape index (κ1) is 25.9. The molecule has 0 aliphatic carbocycles. The maximum absolute atomic E-state index is 11.8. The predicted octanol–water partition coefficient (Wildman–Crippen LogP) is 3.36. The van der Waals surface area contributed by atoms with Gasteiger partial charge in [-0.15, -0.1) is 30.6 Å². The number of allylic oxidation sites excluding steroid dienone is 1. The number of hydrogen-bond acceptors (Lipinski definition) is 3. The molecule has 1 rings (SSSR count). The van der Waals surface area contributed by atoms with Crippen molar-refractivity contribution in [1.82, 2.24) is 14.9 Å². The third-order valence-electron chi connectivity index (χ3n) is 4.01. The number of benzene rings is 1. The van der Waals surface area contributed by atoms with Crippen LogP contribution in [0.15, 0.2) is 46.8 Å². The van der Waals surface area contributed by atoms with Crippen molar-refractivity contribution in [1.29, 1.82) is 0 Å². The van der Waals surface area contributed by atoms with Crippen molar-refractivity contribution in [2.45, 2.75) is 44.0 Å². The Bertz CT molecular complexity index is 675. The average molecular weight is 508 g/mol. The Morgan fingerprint density at radius 1 is 1.22 bits per heavy atom. The third-order valence-corrected chi connectivity index (χ3v) is 5.44. The van der Waals surface area contributed by atoms with E-state index in [0.29, 0.717) is 6.54 Å². The Kier molecular flexibility index (Phi) is 13.4. The van der Waals surface area contributed by atoms with Crippen LogP contribution < -0.4 is 10.0 Å². The molecule has 0 aromatic heterocycles.